The summed E-state index contributed by atoms with van der Waals surface area (Å²) < 4.78 is 31.5. The van der Waals surface area contributed by atoms with Crippen LogP contribution in [-0.4, -0.2) is 19.8 Å². The van der Waals surface area contributed by atoms with E-state index in [1.807, 2.05) is 0 Å². The highest BCUT2D eigenvalue weighted by Gasteiger charge is 2.27. The van der Waals surface area contributed by atoms with Crippen molar-refractivity contribution in [2.24, 2.45) is 0 Å². The predicted molar refractivity (Wildman–Crippen MR) is 83.0 cm³/mol. The first kappa shape index (κ1) is 16.2. The van der Waals surface area contributed by atoms with E-state index < -0.39 is 10.0 Å². The summed E-state index contributed by atoms with van der Waals surface area (Å²) in [7, 11) is -2.39. The van der Waals surface area contributed by atoms with Gasteiger partial charge in [-0.3, -0.25) is 0 Å². The molecule has 21 heavy (non-hydrogen) atoms. The smallest absolute Gasteiger partial charge is 0.246 e. The average Bonchev–Trinajstić information content (AvgIpc) is 2.73. The van der Waals surface area contributed by atoms with Crippen LogP contribution in [0.4, 0.5) is 5.69 Å². The number of halogens is 2. The molecular formula is C13H14Cl2N2O3S. The van der Waals surface area contributed by atoms with Crippen molar-refractivity contribution in [1.29, 1.82) is 0 Å². The van der Waals surface area contributed by atoms with Crippen molar-refractivity contribution < 1.29 is 12.8 Å². The van der Waals surface area contributed by atoms with Gasteiger partial charge in [0.15, 0.2) is 0 Å². The summed E-state index contributed by atoms with van der Waals surface area (Å²) in [5.74, 6) is 0.659. The Hall–Kier alpha value is -1.21. The fourth-order valence-corrected chi connectivity index (χ4v) is 4.20. The molecule has 2 rings (SSSR count). The average molecular weight is 349 g/mol. The lowest BCUT2D eigenvalue weighted by molar-refractivity contribution is 0.459. The third-order valence-electron chi connectivity index (χ3n) is 3.05. The number of hydrogen-bond donors (Lipinski definition) is 1. The number of nitrogen functional groups attached to an aromatic ring is 1. The minimum atomic E-state index is -3.84. The fourth-order valence-electron chi connectivity index (χ4n) is 1.88. The van der Waals surface area contributed by atoms with Crippen LogP contribution in [0, 0.1) is 6.92 Å². The van der Waals surface area contributed by atoms with Gasteiger partial charge in [-0.15, -0.1) is 0 Å². The molecule has 0 bridgehead atoms. The van der Waals surface area contributed by atoms with Crippen molar-refractivity contribution in [2.75, 3.05) is 12.8 Å². The zero-order chi connectivity index (χ0) is 15.8. The van der Waals surface area contributed by atoms with E-state index >= 15 is 0 Å². The van der Waals surface area contributed by atoms with Crippen LogP contribution >= 0.6 is 23.2 Å². The number of furan rings is 1. The lowest BCUT2D eigenvalue weighted by atomic mass is 10.3. The highest BCUT2D eigenvalue weighted by Crippen LogP contribution is 2.34. The van der Waals surface area contributed by atoms with E-state index in [4.69, 9.17) is 33.4 Å². The molecule has 0 unspecified atom stereocenters. The highest BCUT2D eigenvalue weighted by atomic mass is 35.5. The molecule has 1 aromatic heterocycles. The third-order valence-corrected chi connectivity index (χ3v) is 5.77. The molecule has 0 saturated heterocycles. The summed E-state index contributed by atoms with van der Waals surface area (Å²) in [6.45, 7) is 1.92. The summed E-state index contributed by atoms with van der Waals surface area (Å²) in [5.41, 5.74) is 6.66. The summed E-state index contributed by atoms with van der Waals surface area (Å²) in [5, 5.41) is -0.00784. The molecule has 0 aliphatic rings. The van der Waals surface area contributed by atoms with Crippen molar-refractivity contribution in [3.05, 3.63) is 45.8 Å². The van der Waals surface area contributed by atoms with E-state index in [1.54, 1.807) is 13.0 Å². The van der Waals surface area contributed by atoms with Gasteiger partial charge in [0.25, 0.3) is 0 Å². The maximum atomic E-state index is 12.6. The molecule has 2 aromatic rings. The number of aryl methyl sites for hydroxylation is 1. The van der Waals surface area contributed by atoms with Gasteiger partial charge in [-0.05, 0) is 25.1 Å². The molecule has 0 spiro atoms. The van der Waals surface area contributed by atoms with E-state index in [1.165, 1.54) is 25.4 Å². The predicted octanol–water partition coefficient (Wildman–Crippen LogP) is 3.30. The van der Waals surface area contributed by atoms with Crippen LogP contribution in [0.5, 0.6) is 0 Å². The normalized spacial score (nSPS) is 12.0. The van der Waals surface area contributed by atoms with Crippen molar-refractivity contribution in [1.82, 2.24) is 4.31 Å². The number of anilines is 1. The molecule has 1 heterocycles. The Kier molecular flexibility index (Phi) is 4.53. The molecule has 5 nitrogen and oxygen atoms in total. The molecule has 0 aliphatic heterocycles. The van der Waals surface area contributed by atoms with Crippen LogP contribution in [0.25, 0.3) is 0 Å². The Bertz CT molecular complexity index is 748. The molecule has 0 saturated carbocycles. The quantitative estimate of drug-likeness (QED) is 0.860. The van der Waals surface area contributed by atoms with Gasteiger partial charge < -0.3 is 10.2 Å². The monoisotopic (exact) mass is 348 g/mol. The van der Waals surface area contributed by atoms with Crippen LogP contribution in [0.2, 0.25) is 10.0 Å². The lowest BCUT2D eigenvalue weighted by Crippen LogP contribution is -2.27. The van der Waals surface area contributed by atoms with Crippen LogP contribution in [0.15, 0.2) is 33.8 Å². The molecule has 114 valence electrons. The topological polar surface area (TPSA) is 76.5 Å². The van der Waals surface area contributed by atoms with E-state index in [0.29, 0.717) is 11.4 Å². The van der Waals surface area contributed by atoms with E-state index in [2.05, 4.69) is 0 Å². The zero-order valence-corrected chi connectivity index (χ0v) is 13.8. The first-order valence-corrected chi connectivity index (χ1v) is 8.17. The molecule has 1 aromatic carbocycles. The van der Waals surface area contributed by atoms with E-state index in [0.717, 1.165) is 9.87 Å². The summed E-state index contributed by atoms with van der Waals surface area (Å²) >= 11 is 12.0. The van der Waals surface area contributed by atoms with E-state index in [9.17, 15) is 8.42 Å². The van der Waals surface area contributed by atoms with Gasteiger partial charge in [0.2, 0.25) is 10.0 Å². The second kappa shape index (κ2) is 5.88. The Labute approximate surface area is 133 Å². The highest BCUT2D eigenvalue weighted by molar-refractivity contribution is 7.89. The number of benzene rings is 1. The summed E-state index contributed by atoms with van der Waals surface area (Å²) in [4.78, 5) is -0.149. The van der Waals surface area contributed by atoms with Gasteiger partial charge in [-0.2, -0.15) is 4.31 Å². The van der Waals surface area contributed by atoms with Crippen LogP contribution in [0.3, 0.4) is 0 Å². The van der Waals surface area contributed by atoms with Crippen LogP contribution < -0.4 is 5.73 Å². The summed E-state index contributed by atoms with van der Waals surface area (Å²) in [6, 6.07) is 4.43. The molecule has 0 fully saturated rings. The standard InChI is InChI=1S/C13H14Cl2N2O3S/c1-8-9(3-4-20-8)7-17(2)21(18,19)13-11(14)5-10(16)6-12(13)15/h3-6H,7,16H2,1-2H3. The molecule has 0 amide bonds. The van der Waals surface area contributed by atoms with E-state index in [-0.39, 0.29) is 21.5 Å². The first-order valence-electron chi connectivity index (χ1n) is 5.97. The maximum Gasteiger partial charge on any atom is 0.246 e. The number of sulfonamides is 1. The van der Waals surface area contributed by atoms with Gasteiger partial charge >= 0.3 is 0 Å². The van der Waals surface area contributed by atoms with Gasteiger partial charge in [-0.1, -0.05) is 23.2 Å². The molecule has 0 radical (unpaired) electrons. The number of nitrogens with two attached hydrogens (primary N) is 1. The second-order valence-electron chi connectivity index (χ2n) is 4.58. The molecule has 8 heteroatoms. The van der Waals surface area contributed by atoms with Crippen LogP contribution in [0.1, 0.15) is 11.3 Å². The number of rotatable bonds is 4. The first-order chi connectivity index (χ1) is 9.73. The fraction of sp³-hybridized carbons (Fsp3) is 0.231. The number of hydrogen-bond acceptors (Lipinski definition) is 4. The molecule has 2 N–H and O–H groups in total. The van der Waals surface area contributed by atoms with Crippen LogP contribution in [-0.2, 0) is 16.6 Å². The molecular weight excluding hydrogens is 335 g/mol. The second-order valence-corrected chi connectivity index (χ2v) is 7.37. The molecule has 0 aliphatic carbocycles. The minimum Gasteiger partial charge on any atom is -0.469 e. The van der Waals surface area contributed by atoms with Gasteiger partial charge in [0.05, 0.1) is 16.3 Å². The van der Waals surface area contributed by atoms with Crippen molar-refractivity contribution in [3.63, 3.8) is 0 Å². The Morgan fingerprint density at radius 3 is 2.33 bits per heavy atom. The molecule has 0 atom stereocenters. The van der Waals surface area contributed by atoms with Crippen molar-refractivity contribution in [2.45, 2.75) is 18.4 Å². The zero-order valence-electron chi connectivity index (χ0n) is 11.4. The maximum absolute atomic E-state index is 12.6. The Morgan fingerprint density at radius 1 is 1.29 bits per heavy atom. The number of nitrogens with zero attached hydrogens (tertiary/aromatic N) is 1. The third kappa shape index (κ3) is 3.18. The minimum absolute atomic E-state index is 0.00392. The van der Waals surface area contributed by atoms with Crippen molar-refractivity contribution in [3.8, 4) is 0 Å². The Morgan fingerprint density at radius 2 is 1.86 bits per heavy atom. The largest absolute Gasteiger partial charge is 0.469 e. The SMILES string of the molecule is Cc1occc1CN(C)S(=O)(=O)c1c(Cl)cc(N)cc1Cl. The summed E-state index contributed by atoms with van der Waals surface area (Å²) in [6.07, 6.45) is 1.51. The van der Waals surface area contributed by atoms with Gasteiger partial charge in [0.1, 0.15) is 10.7 Å². The lowest BCUT2D eigenvalue weighted by Gasteiger charge is -2.19. The van der Waals surface area contributed by atoms with Crippen molar-refractivity contribution >= 4 is 38.9 Å². The van der Waals surface area contributed by atoms with Gasteiger partial charge in [-0.25, -0.2) is 8.42 Å². The Balaban J connectivity index is 2.40. The van der Waals surface area contributed by atoms with Gasteiger partial charge in [0, 0.05) is 24.8 Å².